The summed E-state index contributed by atoms with van der Waals surface area (Å²) in [6, 6.07) is 0.874. The molecule has 0 bridgehead atoms. The lowest BCUT2D eigenvalue weighted by atomic mass is 10.2. The number of hydrogen-bond acceptors (Lipinski definition) is 7. The fraction of sp³-hybridized carbons (Fsp3) is 0.111. The summed E-state index contributed by atoms with van der Waals surface area (Å²) in [6.07, 6.45) is 0.954. The largest absolute Gasteiger partial charge is 0.408 e. The number of anilines is 1. The van der Waals surface area contributed by atoms with Crippen LogP contribution < -0.4 is 5.32 Å². The van der Waals surface area contributed by atoms with Gasteiger partial charge in [-0.1, -0.05) is 16.7 Å². The molecular formula is C9H6ClN5O4. The maximum Gasteiger partial charge on any atom is 0.322 e. The molecule has 1 amide bonds. The van der Waals surface area contributed by atoms with Gasteiger partial charge < -0.3 is 4.42 Å². The van der Waals surface area contributed by atoms with Gasteiger partial charge in [-0.2, -0.15) is 0 Å². The fourth-order valence-electron chi connectivity index (χ4n) is 1.21. The van der Waals surface area contributed by atoms with E-state index in [1.807, 2.05) is 0 Å². The van der Waals surface area contributed by atoms with E-state index in [9.17, 15) is 14.9 Å². The molecule has 0 fully saturated rings. The number of hydrogen-bond donors (Lipinski definition) is 1. The highest BCUT2D eigenvalue weighted by Crippen LogP contribution is 2.20. The number of amides is 1. The molecule has 2 heterocycles. The summed E-state index contributed by atoms with van der Waals surface area (Å²) in [4.78, 5) is 25.3. The van der Waals surface area contributed by atoms with Gasteiger partial charge in [0.1, 0.15) is 11.3 Å². The summed E-state index contributed by atoms with van der Waals surface area (Å²) in [5.41, 5.74) is -0.511. The van der Waals surface area contributed by atoms with Gasteiger partial charge in [0.05, 0.1) is 10.5 Å². The lowest BCUT2D eigenvalue weighted by Crippen LogP contribution is -2.13. The summed E-state index contributed by atoms with van der Waals surface area (Å²) >= 11 is 5.71. The minimum Gasteiger partial charge on any atom is -0.408 e. The molecule has 0 aromatic carbocycles. The number of rotatable bonds is 3. The minimum absolute atomic E-state index is 0.134. The van der Waals surface area contributed by atoms with Crippen LogP contribution >= 0.6 is 11.6 Å². The maximum atomic E-state index is 11.8. The predicted octanol–water partition coefficient (Wildman–Crippen LogP) is 1.59. The highest BCUT2D eigenvalue weighted by Gasteiger charge is 2.18. The molecule has 2 aromatic heterocycles. The van der Waals surface area contributed by atoms with Gasteiger partial charge in [0.15, 0.2) is 0 Å². The average Bonchev–Trinajstić information content (AvgIpc) is 2.74. The third kappa shape index (κ3) is 2.83. The first-order valence-corrected chi connectivity index (χ1v) is 5.26. The summed E-state index contributed by atoms with van der Waals surface area (Å²) < 4.78 is 4.94. The molecule has 19 heavy (non-hydrogen) atoms. The van der Waals surface area contributed by atoms with E-state index in [2.05, 4.69) is 20.5 Å². The Balaban J connectivity index is 2.27. The van der Waals surface area contributed by atoms with Crippen LogP contribution in [0.25, 0.3) is 0 Å². The zero-order valence-electron chi connectivity index (χ0n) is 9.45. The van der Waals surface area contributed by atoms with Crippen molar-refractivity contribution in [1.82, 2.24) is 15.2 Å². The van der Waals surface area contributed by atoms with Crippen LogP contribution in [0.2, 0.25) is 5.15 Å². The predicted molar refractivity (Wildman–Crippen MR) is 62.9 cm³/mol. The summed E-state index contributed by atoms with van der Waals surface area (Å²) in [6.45, 7) is 1.55. The van der Waals surface area contributed by atoms with Gasteiger partial charge in [0.2, 0.25) is 5.89 Å². The number of carbonyl (C=O) groups is 1. The standard InChI is InChI=1S/C9H6ClN5O4/c1-4-13-14-9(19-4)12-8(16)6-2-5(15(17)18)3-11-7(6)10/h2-3H,1H3,(H,12,14,16). The molecular weight excluding hydrogens is 278 g/mol. The van der Waals surface area contributed by atoms with Crippen molar-refractivity contribution in [3.05, 3.63) is 39.0 Å². The summed E-state index contributed by atoms with van der Waals surface area (Å²) in [7, 11) is 0. The Morgan fingerprint density at radius 3 is 2.84 bits per heavy atom. The van der Waals surface area contributed by atoms with Crippen LogP contribution in [-0.2, 0) is 0 Å². The van der Waals surface area contributed by atoms with E-state index in [1.165, 1.54) is 0 Å². The van der Waals surface area contributed by atoms with E-state index < -0.39 is 10.8 Å². The summed E-state index contributed by atoms with van der Waals surface area (Å²) in [5.74, 6) is -0.469. The number of carbonyl (C=O) groups excluding carboxylic acids is 1. The van der Waals surface area contributed by atoms with Crippen LogP contribution in [0.15, 0.2) is 16.7 Å². The first kappa shape index (κ1) is 12.9. The number of aromatic nitrogens is 3. The molecule has 10 heteroatoms. The molecule has 0 aliphatic carbocycles. The number of halogens is 1. The Morgan fingerprint density at radius 2 is 2.26 bits per heavy atom. The van der Waals surface area contributed by atoms with Crippen LogP contribution in [0.4, 0.5) is 11.7 Å². The van der Waals surface area contributed by atoms with E-state index in [1.54, 1.807) is 6.92 Å². The number of aryl methyl sites for hydroxylation is 1. The molecule has 2 aromatic rings. The third-order valence-corrected chi connectivity index (χ3v) is 2.33. The molecule has 0 saturated heterocycles. The van der Waals surface area contributed by atoms with Gasteiger partial charge in [-0.15, -0.1) is 5.10 Å². The van der Waals surface area contributed by atoms with Gasteiger partial charge in [0, 0.05) is 13.0 Å². The third-order valence-electron chi connectivity index (χ3n) is 2.03. The topological polar surface area (TPSA) is 124 Å². The maximum absolute atomic E-state index is 11.8. The van der Waals surface area contributed by atoms with Crippen LogP contribution in [0, 0.1) is 17.0 Å². The summed E-state index contributed by atoms with van der Waals surface area (Å²) in [5, 5.41) is 19.8. The Bertz CT molecular complexity index is 656. The number of nitrogens with one attached hydrogen (secondary N) is 1. The highest BCUT2D eigenvalue weighted by molar-refractivity contribution is 6.33. The molecule has 9 nitrogen and oxygen atoms in total. The van der Waals surface area contributed by atoms with E-state index in [0.29, 0.717) is 0 Å². The lowest BCUT2D eigenvalue weighted by Gasteiger charge is -2.02. The van der Waals surface area contributed by atoms with Crippen LogP contribution in [0.5, 0.6) is 0 Å². The molecule has 0 saturated carbocycles. The normalized spacial score (nSPS) is 10.2. The van der Waals surface area contributed by atoms with Crippen molar-refractivity contribution in [3.8, 4) is 0 Å². The molecule has 0 atom stereocenters. The van der Waals surface area contributed by atoms with Gasteiger partial charge in [0.25, 0.3) is 11.6 Å². The minimum atomic E-state index is -0.732. The van der Waals surface area contributed by atoms with Crippen molar-refractivity contribution >= 4 is 29.2 Å². The van der Waals surface area contributed by atoms with Crippen molar-refractivity contribution in [1.29, 1.82) is 0 Å². The van der Waals surface area contributed by atoms with E-state index in [4.69, 9.17) is 16.0 Å². The second kappa shape index (κ2) is 4.98. The number of nitro groups is 1. The quantitative estimate of drug-likeness (QED) is 0.515. The highest BCUT2D eigenvalue weighted by atomic mass is 35.5. The molecule has 1 N–H and O–H groups in total. The molecule has 0 unspecified atom stereocenters. The Kier molecular flexibility index (Phi) is 3.38. The zero-order valence-corrected chi connectivity index (χ0v) is 10.2. The van der Waals surface area contributed by atoms with Gasteiger partial charge in [-0.25, -0.2) is 4.98 Å². The van der Waals surface area contributed by atoms with Crippen LogP contribution in [-0.4, -0.2) is 26.0 Å². The molecule has 98 valence electrons. The van der Waals surface area contributed by atoms with Gasteiger partial charge in [-0.05, 0) is 0 Å². The molecule has 2 rings (SSSR count). The Hall–Kier alpha value is -2.55. The zero-order chi connectivity index (χ0) is 14.0. The smallest absolute Gasteiger partial charge is 0.322 e. The Labute approximate surface area is 110 Å². The molecule has 0 radical (unpaired) electrons. The second-order valence-corrected chi connectivity index (χ2v) is 3.73. The number of pyridine rings is 1. The first-order valence-electron chi connectivity index (χ1n) is 4.89. The SMILES string of the molecule is Cc1nnc(NC(=O)c2cc([N+](=O)[O-])cnc2Cl)o1. The molecule has 0 aliphatic rings. The monoisotopic (exact) mass is 283 g/mol. The van der Waals surface area contributed by atoms with Crippen molar-refractivity contribution in [2.24, 2.45) is 0 Å². The number of nitrogens with zero attached hydrogens (tertiary/aromatic N) is 4. The van der Waals surface area contributed by atoms with Crippen LogP contribution in [0.3, 0.4) is 0 Å². The van der Waals surface area contributed by atoms with E-state index >= 15 is 0 Å². The Morgan fingerprint density at radius 1 is 1.53 bits per heavy atom. The van der Waals surface area contributed by atoms with Crippen molar-refractivity contribution < 1.29 is 14.1 Å². The van der Waals surface area contributed by atoms with Crippen molar-refractivity contribution in [2.75, 3.05) is 5.32 Å². The van der Waals surface area contributed by atoms with E-state index in [0.717, 1.165) is 12.3 Å². The molecule has 0 aliphatic heterocycles. The second-order valence-electron chi connectivity index (χ2n) is 3.37. The van der Waals surface area contributed by atoms with Gasteiger partial charge >= 0.3 is 6.01 Å². The van der Waals surface area contributed by atoms with Gasteiger partial charge in [-0.3, -0.25) is 20.2 Å². The molecule has 0 spiro atoms. The van der Waals surface area contributed by atoms with Crippen molar-refractivity contribution in [2.45, 2.75) is 6.92 Å². The fourth-order valence-corrected chi connectivity index (χ4v) is 1.40. The lowest BCUT2D eigenvalue weighted by molar-refractivity contribution is -0.385. The first-order chi connectivity index (χ1) is 8.97. The van der Waals surface area contributed by atoms with Crippen LogP contribution in [0.1, 0.15) is 16.2 Å². The average molecular weight is 284 g/mol. The van der Waals surface area contributed by atoms with Crippen molar-refractivity contribution in [3.63, 3.8) is 0 Å². The van der Waals surface area contributed by atoms with E-state index in [-0.39, 0.29) is 28.3 Å².